The molecule has 0 spiro atoms. The zero-order chi connectivity index (χ0) is 72.5. The molecule has 2 aliphatic carbocycles. The van der Waals surface area contributed by atoms with E-state index in [-0.39, 0.29) is 57.9 Å². The fraction of sp³-hybridized carbons (Fsp3) is 0.143. The van der Waals surface area contributed by atoms with Crippen molar-refractivity contribution in [3.05, 3.63) is 344 Å². The quantitative estimate of drug-likeness (QED) is 0.0665. The van der Waals surface area contributed by atoms with Crippen LogP contribution < -0.4 is 0 Å². The second kappa shape index (κ2) is 35.3. The van der Waals surface area contributed by atoms with Gasteiger partial charge in [0.05, 0.1) is 57.9 Å². The summed E-state index contributed by atoms with van der Waals surface area (Å²) in [5.41, 5.74) is 0. The van der Waals surface area contributed by atoms with Crippen molar-refractivity contribution in [2.24, 2.45) is 0 Å². The van der Waals surface area contributed by atoms with E-state index in [1.807, 2.05) is 109 Å². The van der Waals surface area contributed by atoms with Crippen molar-refractivity contribution < 1.29 is 51.6 Å². The van der Waals surface area contributed by atoms with Gasteiger partial charge in [0.2, 0.25) is 14.7 Å². The standard InChI is InChI=1S/C24H25O2S2.C23H23O2S2.C19H17O2S2.C18H9F6S/c25-28(26,23-14-8-3-9-15-23)24-18-16-22(17-19-24)27(20-10-4-1-5-11-20)21-12-6-2-7-13-21;24-27(25,22-13-7-8-14-22)23-17-15-21(16-18-23)26(19-9-3-1-4-10-19)20-11-5-2-6-12-20;1-23(20,21)19-14-12-18(13-15-19)22(16-8-4-2-5-9-16)17-10-6-3-7-11-17;19-10-1-4-16(13(22)7-10)25(17-5-2-11(20)8-14(17)23)18-6-3-12(21)9-15(18)24/h1-2,4-7,10-13,16-19,23H,3,8-9,14-15H2;1-6,9-12,15-18,22H,7-8,13-14H2;2-15H,1H3;1-9H/q4*+1. The number of halogens is 6. The van der Waals surface area contributed by atoms with Gasteiger partial charge >= 0.3 is 0 Å². The van der Waals surface area contributed by atoms with Crippen LogP contribution in [0.4, 0.5) is 26.3 Å². The first kappa shape index (κ1) is 75.6. The van der Waals surface area contributed by atoms with Crippen LogP contribution in [-0.2, 0) is 73.1 Å². The van der Waals surface area contributed by atoms with Crippen LogP contribution in [0.15, 0.2) is 383 Å². The lowest BCUT2D eigenvalue weighted by Gasteiger charge is -2.21. The van der Waals surface area contributed by atoms with Crippen LogP contribution >= 0.6 is 0 Å². The number of benzene rings is 12. The first-order valence-corrected chi connectivity index (χ1v) is 43.2. The van der Waals surface area contributed by atoms with Crippen LogP contribution in [0.1, 0.15) is 57.8 Å². The van der Waals surface area contributed by atoms with Crippen LogP contribution in [-0.4, -0.2) is 42.0 Å². The first-order chi connectivity index (χ1) is 49.7. The molecule has 0 bridgehead atoms. The van der Waals surface area contributed by atoms with E-state index in [2.05, 4.69) is 121 Å². The molecule has 0 N–H and O–H groups in total. The molecule has 0 radical (unpaired) electrons. The minimum absolute atomic E-state index is 0.197. The Kier molecular flexibility index (Phi) is 25.9. The highest BCUT2D eigenvalue weighted by molar-refractivity contribution is 7.98. The molecule has 103 heavy (non-hydrogen) atoms. The third-order valence-electron chi connectivity index (χ3n) is 17.2. The molecule has 12 aromatic carbocycles. The molecule has 0 aliphatic heterocycles. The number of hydrogen-bond acceptors (Lipinski definition) is 6. The van der Waals surface area contributed by atoms with Crippen molar-refractivity contribution in [1.29, 1.82) is 0 Å². The predicted octanol–water partition coefficient (Wildman–Crippen LogP) is 21.2. The highest BCUT2D eigenvalue weighted by Crippen LogP contribution is 2.40. The Morgan fingerprint density at radius 1 is 0.252 bits per heavy atom. The molecule has 0 unspecified atom stereocenters. The van der Waals surface area contributed by atoms with Gasteiger partial charge in [-0.3, -0.25) is 0 Å². The molecule has 2 fully saturated rings. The summed E-state index contributed by atoms with van der Waals surface area (Å²) < 4.78 is 157. The molecule has 0 amide bonds. The van der Waals surface area contributed by atoms with E-state index in [4.69, 9.17) is 0 Å². The van der Waals surface area contributed by atoms with Crippen molar-refractivity contribution >= 4 is 73.1 Å². The highest BCUT2D eigenvalue weighted by atomic mass is 32.2. The highest BCUT2D eigenvalue weighted by Gasteiger charge is 2.39. The largest absolute Gasteiger partial charge is 0.224 e. The number of hydrogen-bond donors (Lipinski definition) is 0. The van der Waals surface area contributed by atoms with Gasteiger partial charge in [-0.1, -0.05) is 141 Å². The Morgan fingerprint density at radius 2 is 0.466 bits per heavy atom. The monoisotopic (exact) mass is 1520 g/mol. The summed E-state index contributed by atoms with van der Waals surface area (Å²) in [7, 11) is -12.0. The molecule has 2 saturated carbocycles. The van der Waals surface area contributed by atoms with Gasteiger partial charge in [-0.15, -0.1) is 0 Å². The van der Waals surface area contributed by atoms with Gasteiger partial charge in [0.25, 0.3) is 0 Å². The summed E-state index contributed by atoms with van der Waals surface area (Å²) in [6.45, 7) is 0. The molecule has 2 aliphatic rings. The van der Waals surface area contributed by atoms with Crippen LogP contribution in [0.3, 0.4) is 0 Å². The molecule has 526 valence electrons. The summed E-state index contributed by atoms with van der Waals surface area (Å²) in [6, 6.07) is 92.4. The smallest absolute Gasteiger partial charge is 0.202 e. The van der Waals surface area contributed by atoms with Crippen LogP contribution in [0, 0.1) is 34.9 Å². The third-order valence-corrected chi connectivity index (χ3v) is 31.9. The maximum absolute atomic E-state index is 14.3. The maximum Gasteiger partial charge on any atom is 0.202 e. The van der Waals surface area contributed by atoms with E-state index >= 15 is 0 Å². The van der Waals surface area contributed by atoms with Gasteiger partial charge in [0.1, 0.15) is 28.3 Å². The van der Waals surface area contributed by atoms with E-state index in [0.717, 1.165) is 109 Å². The zero-order valence-corrected chi connectivity index (χ0v) is 61.8. The van der Waals surface area contributed by atoms with Crippen molar-refractivity contribution in [2.75, 3.05) is 6.26 Å². The van der Waals surface area contributed by atoms with Gasteiger partial charge in [0, 0.05) is 42.7 Å². The van der Waals surface area contributed by atoms with Crippen molar-refractivity contribution in [1.82, 2.24) is 0 Å². The maximum atomic E-state index is 14.3. The first-order valence-electron chi connectivity index (χ1n) is 33.4. The molecule has 12 aromatic rings. The molecule has 0 heterocycles. The Bertz CT molecular complexity index is 4850. The molecule has 0 saturated heterocycles. The van der Waals surface area contributed by atoms with E-state index < -0.39 is 75.3 Å². The van der Waals surface area contributed by atoms with E-state index in [0.29, 0.717) is 32.9 Å². The average molecular weight is 1520 g/mol. The van der Waals surface area contributed by atoms with Crippen molar-refractivity contribution in [3.8, 4) is 0 Å². The second-order valence-electron chi connectivity index (χ2n) is 24.3. The average Bonchev–Trinajstić information content (AvgIpc) is 0.915. The van der Waals surface area contributed by atoms with Crippen LogP contribution in [0.5, 0.6) is 0 Å². The fourth-order valence-electron chi connectivity index (χ4n) is 12.2. The minimum Gasteiger partial charge on any atom is -0.224 e. The minimum atomic E-state index is -3.23. The summed E-state index contributed by atoms with van der Waals surface area (Å²) in [6.07, 6.45) is 9.65. The lowest BCUT2D eigenvalue weighted by atomic mass is 10.0. The van der Waals surface area contributed by atoms with Crippen molar-refractivity contribution in [3.63, 3.8) is 0 Å². The normalized spacial score (nSPS) is 13.5. The van der Waals surface area contributed by atoms with Crippen molar-refractivity contribution in [2.45, 2.75) is 142 Å². The molecule has 14 rings (SSSR count). The van der Waals surface area contributed by atoms with E-state index in [1.165, 1.54) is 35.6 Å². The summed E-state index contributed by atoms with van der Waals surface area (Å²) in [5.74, 6) is -5.63. The van der Waals surface area contributed by atoms with E-state index in [1.54, 1.807) is 24.3 Å². The van der Waals surface area contributed by atoms with Gasteiger partial charge in [-0.2, -0.15) is 0 Å². The van der Waals surface area contributed by atoms with Gasteiger partial charge in [-0.25, -0.2) is 51.6 Å². The number of sulfone groups is 3. The Balaban J connectivity index is 0.000000138. The third kappa shape index (κ3) is 19.3. The summed E-state index contributed by atoms with van der Waals surface area (Å²) >= 11 is 0. The fourth-order valence-corrected chi connectivity index (χ4v) is 24.8. The Hall–Kier alpha value is -8.53. The predicted molar refractivity (Wildman–Crippen MR) is 402 cm³/mol. The lowest BCUT2D eigenvalue weighted by molar-refractivity contribution is 0.483. The van der Waals surface area contributed by atoms with Gasteiger partial charge in [0.15, 0.2) is 91.0 Å². The van der Waals surface area contributed by atoms with Gasteiger partial charge < -0.3 is 0 Å². The SMILES string of the molecule is CS(=O)(=O)c1ccc([S+](c2ccccc2)c2ccccc2)cc1.Fc1ccc([S+](c2ccc(F)cc2F)c2ccc(F)cc2F)c(F)c1.O=S(=O)(c1ccc([S+](c2ccccc2)c2ccccc2)cc1)C1CCCC1.O=S(=O)(c1ccc([S+](c2ccccc2)c2ccccc2)cc1)C1CCCCC1. The van der Waals surface area contributed by atoms with Crippen LogP contribution in [0.25, 0.3) is 0 Å². The summed E-state index contributed by atoms with van der Waals surface area (Å²) in [5, 5.41) is -0.418. The summed E-state index contributed by atoms with van der Waals surface area (Å²) in [4.78, 5) is 11.4. The Labute approximate surface area is 612 Å². The van der Waals surface area contributed by atoms with Crippen LogP contribution in [0.2, 0.25) is 0 Å². The Morgan fingerprint density at radius 3 is 0.689 bits per heavy atom. The zero-order valence-electron chi connectivity index (χ0n) is 56.0. The van der Waals surface area contributed by atoms with E-state index in [9.17, 15) is 51.6 Å². The molecule has 6 nitrogen and oxygen atoms in total. The molecule has 19 heteroatoms. The molecular formula is C84H74F6O6S7+4. The van der Waals surface area contributed by atoms with Gasteiger partial charge in [-0.05, 0) is 189 Å². The molecule has 0 atom stereocenters. The lowest BCUT2D eigenvalue weighted by Crippen LogP contribution is -2.24. The second-order valence-corrected chi connectivity index (χ2v) is 38.8. The molecule has 0 aromatic heterocycles. The number of rotatable bonds is 17. The molecular weight excluding hydrogens is 1440 g/mol. The topological polar surface area (TPSA) is 102 Å².